The molecular weight excluding hydrogens is 572 g/mol. The van der Waals surface area contributed by atoms with Gasteiger partial charge in [0.05, 0.1) is 12.1 Å². The molecule has 0 saturated carbocycles. The van der Waals surface area contributed by atoms with Crippen LogP contribution in [-0.4, -0.2) is 58.8 Å². The summed E-state index contributed by atoms with van der Waals surface area (Å²) in [7, 11) is 0. The van der Waals surface area contributed by atoms with E-state index in [4.69, 9.17) is 10.5 Å². The number of carbonyl (C=O) groups is 4. The van der Waals surface area contributed by atoms with E-state index >= 15 is 0 Å². The first kappa shape index (κ1) is 37.3. The summed E-state index contributed by atoms with van der Waals surface area (Å²) >= 11 is 0. The van der Waals surface area contributed by atoms with Crippen molar-refractivity contribution in [2.24, 2.45) is 23.5 Å². The van der Waals surface area contributed by atoms with Crippen LogP contribution in [0.15, 0.2) is 60.7 Å². The van der Waals surface area contributed by atoms with Gasteiger partial charge < -0.3 is 31.5 Å². The number of carbonyl (C=O) groups excluding carboxylic acids is 4. The second-order valence-corrected chi connectivity index (χ2v) is 13.1. The van der Waals surface area contributed by atoms with Gasteiger partial charge in [0.15, 0.2) is 0 Å². The van der Waals surface area contributed by atoms with Gasteiger partial charge in [0.25, 0.3) is 0 Å². The van der Waals surface area contributed by atoms with E-state index < -0.39 is 59.6 Å². The molecule has 2 aromatic rings. The maximum Gasteiger partial charge on any atom is 0.407 e. The van der Waals surface area contributed by atoms with Crippen LogP contribution in [0.25, 0.3) is 0 Å². The van der Waals surface area contributed by atoms with Crippen LogP contribution in [0.5, 0.6) is 0 Å². The van der Waals surface area contributed by atoms with E-state index in [0.717, 1.165) is 11.1 Å². The lowest BCUT2D eigenvalue weighted by atomic mass is 9.88. The van der Waals surface area contributed by atoms with Crippen LogP contribution in [0, 0.1) is 17.8 Å². The maximum absolute atomic E-state index is 13.9. The zero-order valence-corrected chi connectivity index (χ0v) is 27.7. The number of nitrogens with two attached hydrogens (primary N) is 1. The molecule has 6 atom stereocenters. The number of hydrogen-bond donors (Lipinski definition) is 5. The van der Waals surface area contributed by atoms with Crippen LogP contribution in [-0.2, 0) is 32.0 Å². The third kappa shape index (κ3) is 12.9. The van der Waals surface area contributed by atoms with E-state index in [2.05, 4.69) is 16.0 Å². The Morgan fingerprint density at radius 2 is 1.31 bits per heavy atom. The van der Waals surface area contributed by atoms with Crippen LogP contribution < -0.4 is 21.7 Å². The minimum atomic E-state index is -1.13. The number of nitrogens with one attached hydrogen (secondary N) is 3. The second-order valence-electron chi connectivity index (χ2n) is 13.1. The molecule has 248 valence electrons. The molecule has 0 fully saturated rings. The fourth-order valence-electron chi connectivity index (χ4n) is 5.03. The van der Waals surface area contributed by atoms with Gasteiger partial charge in [0.2, 0.25) is 17.7 Å². The minimum Gasteiger partial charge on any atom is -0.444 e. The number of aliphatic hydroxyl groups is 1. The quantitative estimate of drug-likeness (QED) is 0.191. The number of primary amides is 1. The first-order chi connectivity index (χ1) is 21.1. The molecule has 2 aromatic carbocycles. The fourth-order valence-corrected chi connectivity index (χ4v) is 5.03. The van der Waals surface area contributed by atoms with Gasteiger partial charge in [-0.05, 0) is 63.0 Å². The zero-order chi connectivity index (χ0) is 33.7. The van der Waals surface area contributed by atoms with Crippen molar-refractivity contribution in [2.75, 3.05) is 0 Å². The summed E-state index contributed by atoms with van der Waals surface area (Å²) in [4.78, 5) is 52.1. The van der Waals surface area contributed by atoms with Gasteiger partial charge in [-0.1, -0.05) is 94.8 Å². The third-order valence-electron chi connectivity index (χ3n) is 7.75. The van der Waals surface area contributed by atoms with Crippen molar-refractivity contribution in [3.8, 4) is 0 Å². The fraction of sp³-hybridized carbons (Fsp3) is 0.543. The van der Waals surface area contributed by atoms with Gasteiger partial charge in [-0.3, -0.25) is 14.4 Å². The van der Waals surface area contributed by atoms with Gasteiger partial charge in [-0.25, -0.2) is 4.79 Å². The highest BCUT2D eigenvalue weighted by molar-refractivity contribution is 5.92. The number of benzene rings is 2. The lowest BCUT2D eigenvalue weighted by Crippen LogP contribution is -2.57. The van der Waals surface area contributed by atoms with Crippen LogP contribution in [0.3, 0.4) is 0 Å². The predicted molar refractivity (Wildman–Crippen MR) is 175 cm³/mol. The minimum absolute atomic E-state index is 0.00274. The largest absolute Gasteiger partial charge is 0.444 e. The van der Waals surface area contributed by atoms with Crippen LogP contribution in [0.2, 0.25) is 0 Å². The summed E-state index contributed by atoms with van der Waals surface area (Å²) in [5.74, 6) is -2.82. The zero-order valence-electron chi connectivity index (χ0n) is 27.7. The van der Waals surface area contributed by atoms with Crippen molar-refractivity contribution < 1.29 is 29.0 Å². The second kappa shape index (κ2) is 17.5. The van der Waals surface area contributed by atoms with E-state index in [-0.39, 0.29) is 24.7 Å². The standard InChI is InChI=1S/C35H52N4O6/c1-8-23(4)30(31(36)41)39-33(43)29(22(2)3)38-32(42)26(19-24-15-11-9-12-16-24)21-28(40)27(20-25-17-13-10-14-18-25)37-34(44)45-35(5,6)7/h9-18,22-23,26-30,40H,8,19-21H2,1-7H3,(H2,36,41)(H,37,44)(H,38,42)(H,39,43). The van der Waals surface area contributed by atoms with Crippen molar-refractivity contribution in [3.63, 3.8) is 0 Å². The molecule has 0 aliphatic carbocycles. The highest BCUT2D eigenvalue weighted by Gasteiger charge is 2.34. The first-order valence-electron chi connectivity index (χ1n) is 15.8. The summed E-state index contributed by atoms with van der Waals surface area (Å²) in [5, 5.41) is 20.0. The topological polar surface area (TPSA) is 160 Å². The van der Waals surface area contributed by atoms with Crippen molar-refractivity contribution in [1.29, 1.82) is 0 Å². The average Bonchev–Trinajstić information content (AvgIpc) is 2.97. The molecule has 2 rings (SSSR count). The van der Waals surface area contributed by atoms with E-state index in [1.165, 1.54) is 0 Å². The molecule has 10 nitrogen and oxygen atoms in total. The average molecular weight is 625 g/mol. The van der Waals surface area contributed by atoms with Gasteiger partial charge in [-0.15, -0.1) is 0 Å². The molecule has 0 spiro atoms. The van der Waals surface area contributed by atoms with Gasteiger partial charge in [0.1, 0.15) is 17.7 Å². The molecule has 0 heterocycles. The number of alkyl carbamates (subject to hydrolysis) is 1. The number of aliphatic hydroxyl groups excluding tert-OH is 1. The Hall–Kier alpha value is -3.92. The normalized spacial score (nSPS) is 15.6. The number of amides is 4. The number of ether oxygens (including phenoxy) is 1. The first-order valence-corrected chi connectivity index (χ1v) is 15.8. The molecule has 45 heavy (non-hydrogen) atoms. The van der Waals surface area contributed by atoms with Crippen LogP contribution in [0.4, 0.5) is 4.79 Å². The van der Waals surface area contributed by atoms with Crippen molar-refractivity contribution >= 4 is 23.8 Å². The lowest BCUT2D eigenvalue weighted by molar-refractivity contribution is -0.134. The molecule has 0 aliphatic heterocycles. The Morgan fingerprint density at radius 1 is 0.800 bits per heavy atom. The lowest BCUT2D eigenvalue weighted by Gasteiger charge is -2.30. The molecule has 10 heteroatoms. The molecule has 6 N–H and O–H groups in total. The molecular formula is C35H52N4O6. The molecule has 4 amide bonds. The molecule has 0 aromatic heterocycles. The summed E-state index contributed by atoms with van der Waals surface area (Å²) < 4.78 is 5.46. The predicted octanol–water partition coefficient (Wildman–Crippen LogP) is 3.89. The van der Waals surface area contributed by atoms with E-state index in [1.807, 2.05) is 74.5 Å². The summed E-state index contributed by atoms with van der Waals surface area (Å²) in [6.07, 6.45) is -0.580. The highest BCUT2D eigenvalue weighted by Crippen LogP contribution is 2.20. The summed E-state index contributed by atoms with van der Waals surface area (Å²) in [6.45, 7) is 12.6. The Morgan fingerprint density at radius 3 is 1.78 bits per heavy atom. The van der Waals surface area contributed by atoms with Crippen molar-refractivity contribution in [1.82, 2.24) is 16.0 Å². The Kier molecular flexibility index (Phi) is 14.5. The highest BCUT2D eigenvalue weighted by atomic mass is 16.6. The van der Waals surface area contributed by atoms with Crippen LogP contribution >= 0.6 is 0 Å². The van der Waals surface area contributed by atoms with Crippen LogP contribution in [0.1, 0.15) is 72.4 Å². The van der Waals surface area contributed by atoms with E-state index in [0.29, 0.717) is 12.8 Å². The monoisotopic (exact) mass is 624 g/mol. The summed E-state index contributed by atoms with van der Waals surface area (Å²) in [5.41, 5.74) is 6.60. The number of hydrogen-bond acceptors (Lipinski definition) is 6. The van der Waals surface area contributed by atoms with Gasteiger partial charge >= 0.3 is 6.09 Å². The maximum atomic E-state index is 13.9. The summed E-state index contributed by atoms with van der Waals surface area (Å²) in [6, 6.07) is 16.2. The van der Waals surface area contributed by atoms with Crippen molar-refractivity contribution in [3.05, 3.63) is 71.8 Å². The molecule has 0 bridgehead atoms. The Balaban J connectivity index is 2.34. The van der Waals surface area contributed by atoms with E-state index in [1.54, 1.807) is 34.6 Å². The third-order valence-corrected chi connectivity index (χ3v) is 7.75. The van der Waals surface area contributed by atoms with Gasteiger partial charge in [0, 0.05) is 5.92 Å². The number of rotatable bonds is 16. The molecule has 0 saturated heterocycles. The van der Waals surface area contributed by atoms with Gasteiger partial charge in [-0.2, -0.15) is 0 Å². The molecule has 0 radical (unpaired) electrons. The smallest absolute Gasteiger partial charge is 0.407 e. The Labute approximate surface area is 267 Å². The molecule has 6 unspecified atom stereocenters. The Bertz CT molecular complexity index is 1230. The SMILES string of the molecule is CCC(C)C(NC(=O)C(NC(=O)C(Cc1ccccc1)CC(O)C(Cc1ccccc1)NC(=O)OC(C)(C)C)C(C)C)C(N)=O. The van der Waals surface area contributed by atoms with Crippen molar-refractivity contribution in [2.45, 2.75) is 104 Å². The van der Waals surface area contributed by atoms with E-state index in [9.17, 15) is 24.3 Å². The molecule has 0 aliphatic rings.